The van der Waals surface area contributed by atoms with Gasteiger partial charge in [-0.2, -0.15) is 0 Å². The Morgan fingerprint density at radius 1 is 1.19 bits per heavy atom. The molecule has 0 aliphatic rings. The lowest BCUT2D eigenvalue weighted by molar-refractivity contribution is 0.0751. The van der Waals surface area contributed by atoms with E-state index in [1.165, 1.54) is 0 Å². The Morgan fingerprint density at radius 3 is 2.48 bits per heavy atom. The first-order chi connectivity index (χ1) is 10.0. The fraction of sp³-hybridized carbons (Fsp3) is 0.235. The van der Waals surface area contributed by atoms with Gasteiger partial charge in [0.05, 0.1) is 5.56 Å². The standard InChI is InChI=1S/C17H19BrN2O/c1-3-20(11-13-7-9-14(19)10-8-13)17(21)15-6-4-5-12(2)16(15)18/h4-10H,3,11,19H2,1-2H3. The molecule has 0 atom stereocenters. The van der Waals surface area contributed by atoms with Crippen molar-refractivity contribution in [2.75, 3.05) is 12.3 Å². The van der Waals surface area contributed by atoms with E-state index in [2.05, 4.69) is 15.9 Å². The first kappa shape index (κ1) is 15.6. The first-order valence-corrected chi connectivity index (χ1v) is 7.71. The number of carbonyl (C=O) groups is 1. The summed E-state index contributed by atoms with van der Waals surface area (Å²) < 4.78 is 0.866. The maximum absolute atomic E-state index is 12.7. The summed E-state index contributed by atoms with van der Waals surface area (Å²) in [4.78, 5) is 14.5. The number of nitrogen functional groups attached to an aromatic ring is 1. The Bertz CT molecular complexity index is 638. The van der Waals surface area contributed by atoms with Gasteiger partial charge in [-0.15, -0.1) is 0 Å². The summed E-state index contributed by atoms with van der Waals surface area (Å²) in [5, 5.41) is 0. The fourth-order valence-corrected chi connectivity index (χ4v) is 2.59. The number of nitrogens with two attached hydrogens (primary N) is 1. The number of nitrogens with zero attached hydrogens (tertiary/aromatic N) is 1. The van der Waals surface area contributed by atoms with Crippen LogP contribution in [0.5, 0.6) is 0 Å². The molecule has 0 saturated carbocycles. The van der Waals surface area contributed by atoms with Gasteiger partial charge in [-0.25, -0.2) is 0 Å². The monoisotopic (exact) mass is 346 g/mol. The molecule has 2 aromatic rings. The molecular weight excluding hydrogens is 328 g/mol. The third-order valence-electron chi connectivity index (χ3n) is 3.44. The van der Waals surface area contributed by atoms with Crippen LogP contribution in [0.4, 0.5) is 5.69 Å². The number of anilines is 1. The number of carbonyl (C=O) groups excluding carboxylic acids is 1. The van der Waals surface area contributed by atoms with E-state index in [1.54, 1.807) is 0 Å². The van der Waals surface area contributed by atoms with E-state index < -0.39 is 0 Å². The lowest BCUT2D eigenvalue weighted by Crippen LogP contribution is -2.30. The fourth-order valence-electron chi connectivity index (χ4n) is 2.15. The molecule has 1 amide bonds. The summed E-state index contributed by atoms with van der Waals surface area (Å²) >= 11 is 3.51. The zero-order valence-corrected chi connectivity index (χ0v) is 13.9. The summed E-state index contributed by atoms with van der Waals surface area (Å²) in [6.45, 7) is 5.20. The van der Waals surface area contributed by atoms with Gasteiger partial charge in [0.25, 0.3) is 5.91 Å². The van der Waals surface area contributed by atoms with Crippen LogP contribution in [0.1, 0.15) is 28.4 Å². The topological polar surface area (TPSA) is 46.3 Å². The second-order valence-electron chi connectivity index (χ2n) is 5.00. The molecule has 21 heavy (non-hydrogen) atoms. The molecule has 0 aliphatic heterocycles. The Hall–Kier alpha value is -1.81. The minimum atomic E-state index is 0.0323. The van der Waals surface area contributed by atoms with Crippen molar-refractivity contribution in [2.45, 2.75) is 20.4 Å². The van der Waals surface area contributed by atoms with Crippen LogP contribution in [0, 0.1) is 6.92 Å². The maximum Gasteiger partial charge on any atom is 0.255 e. The van der Waals surface area contributed by atoms with Crippen LogP contribution >= 0.6 is 15.9 Å². The molecule has 0 unspecified atom stereocenters. The highest BCUT2D eigenvalue weighted by atomic mass is 79.9. The van der Waals surface area contributed by atoms with E-state index in [-0.39, 0.29) is 5.91 Å². The predicted octanol–water partition coefficient (Wildman–Crippen LogP) is 4.00. The van der Waals surface area contributed by atoms with E-state index in [0.29, 0.717) is 18.7 Å². The van der Waals surface area contributed by atoms with E-state index >= 15 is 0 Å². The van der Waals surface area contributed by atoms with Crippen LogP contribution in [-0.2, 0) is 6.54 Å². The van der Waals surface area contributed by atoms with Gasteiger partial charge >= 0.3 is 0 Å². The van der Waals surface area contributed by atoms with Crippen LogP contribution in [0.2, 0.25) is 0 Å². The predicted molar refractivity (Wildman–Crippen MR) is 90.1 cm³/mol. The molecule has 4 heteroatoms. The van der Waals surface area contributed by atoms with Crippen LogP contribution in [-0.4, -0.2) is 17.4 Å². The highest BCUT2D eigenvalue weighted by molar-refractivity contribution is 9.10. The molecule has 0 saturated heterocycles. The van der Waals surface area contributed by atoms with Crippen molar-refractivity contribution in [1.82, 2.24) is 4.90 Å². The highest BCUT2D eigenvalue weighted by Crippen LogP contribution is 2.23. The molecule has 0 radical (unpaired) electrons. The van der Waals surface area contributed by atoms with Crippen LogP contribution in [0.25, 0.3) is 0 Å². The van der Waals surface area contributed by atoms with E-state index in [1.807, 2.05) is 61.2 Å². The summed E-state index contributed by atoms with van der Waals surface area (Å²) in [5.74, 6) is 0.0323. The van der Waals surface area contributed by atoms with Gasteiger partial charge < -0.3 is 10.6 Å². The first-order valence-electron chi connectivity index (χ1n) is 6.91. The molecule has 2 rings (SSSR count). The van der Waals surface area contributed by atoms with E-state index in [4.69, 9.17) is 5.73 Å². The Morgan fingerprint density at radius 2 is 1.86 bits per heavy atom. The number of halogens is 1. The Kier molecular flexibility index (Phi) is 5.02. The summed E-state index contributed by atoms with van der Waals surface area (Å²) in [7, 11) is 0. The van der Waals surface area contributed by atoms with Crippen LogP contribution in [0.15, 0.2) is 46.9 Å². The molecule has 0 heterocycles. The lowest BCUT2D eigenvalue weighted by atomic mass is 10.1. The van der Waals surface area contributed by atoms with Crippen LogP contribution < -0.4 is 5.73 Å². The van der Waals surface area contributed by atoms with Crippen molar-refractivity contribution in [2.24, 2.45) is 0 Å². The number of benzene rings is 2. The van der Waals surface area contributed by atoms with Crippen molar-refractivity contribution >= 4 is 27.5 Å². The minimum absolute atomic E-state index is 0.0323. The van der Waals surface area contributed by atoms with Crippen LogP contribution in [0.3, 0.4) is 0 Å². The summed E-state index contributed by atoms with van der Waals surface area (Å²) in [6, 6.07) is 13.4. The zero-order chi connectivity index (χ0) is 15.4. The van der Waals surface area contributed by atoms with Gasteiger partial charge in [0.2, 0.25) is 0 Å². The minimum Gasteiger partial charge on any atom is -0.399 e. The largest absolute Gasteiger partial charge is 0.399 e. The van der Waals surface area contributed by atoms with Crippen molar-refractivity contribution in [3.05, 3.63) is 63.6 Å². The molecule has 2 N–H and O–H groups in total. The number of rotatable bonds is 4. The van der Waals surface area contributed by atoms with Gasteiger partial charge in [0.1, 0.15) is 0 Å². The molecule has 110 valence electrons. The van der Waals surface area contributed by atoms with Gasteiger partial charge in [0, 0.05) is 23.2 Å². The molecule has 0 aromatic heterocycles. The normalized spacial score (nSPS) is 10.4. The molecule has 3 nitrogen and oxygen atoms in total. The van der Waals surface area contributed by atoms with Gasteiger partial charge in [0.15, 0.2) is 0 Å². The molecule has 0 aliphatic carbocycles. The third kappa shape index (κ3) is 3.64. The van der Waals surface area contributed by atoms with Gasteiger partial charge in [-0.1, -0.05) is 24.3 Å². The number of aryl methyl sites for hydroxylation is 1. The molecule has 2 aromatic carbocycles. The molecule has 0 bridgehead atoms. The summed E-state index contributed by atoms with van der Waals surface area (Å²) in [5.41, 5.74) is 9.25. The highest BCUT2D eigenvalue weighted by Gasteiger charge is 2.17. The SMILES string of the molecule is CCN(Cc1ccc(N)cc1)C(=O)c1cccc(C)c1Br. The number of hydrogen-bond acceptors (Lipinski definition) is 2. The smallest absolute Gasteiger partial charge is 0.255 e. The number of hydrogen-bond donors (Lipinski definition) is 1. The van der Waals surface area contributed by atoms with E-state index in [0.717, 1.165) is 21.3 Å². The lowest BCUT2D eigenvalue weighted by Gasteiger charge is -2.22. The Balaban J connectivity index is 2.22. The molecule has 0 spiro atoms. The van der Waals surface area contributed by atoms with Crippen molar-refractivity contribution in [3.8, 4) is 0 Å². The van der Waals surface area contributed by atoms with Crippen molar-refractivity contribution < 1.29 is 4.79 Å². The second kappa shape index (κ2) is 6.76. The van der Waals surface area contributed by atoms with Crippen molar-refractivity contribution in [3.63, 3.8) is 0 Å². The molecular formula is C17H19BrN2O. The van der Waals surface area contributed by atoms with Gasteiger partial charge in [-0.05, 0) is 59.1 Å². The molecule has 0 fully saturated rings. The second-order valence-corrected chi connectivity index (χ2v) is 5.79. The quantitative estimate of drug-likeness (QED) is 0.850. The zero-order valence-electron chi connectivity index (χ0n) is 12.3. The average Bonchev–Trinajstić information content (AvgIpc) is 2.49. The summed E-state index contributed by atoms with van der Waals surface area (Å²) in [6.07, 6.45) is 0. The van der Waals surface area contributed by atoms with Crippen molar-refractivity contribution in [1.29, 1.82) is 0 Å². The third-order valence-corrected chi connectivity index (χ3v) is 4.50. The van der Waals surface area contributed by atoms with Gasteiger partial charge in [-0.3, -0.25) is 4.79 Å². The average molecular weight is 347 g/mol. The van der Waals surface area contributed by atoms with E-state index in [9.17, 15) is 4.79 Å². The number of amides is 1. The maximum atomic E-state index is 12.7. The Labute approximate surface area is 133 Å².